The van der Waals surface area contributed by atoms with E-state index in [1.807, 2.05) is 30.5 Å². The third-order valence-electron chi connectivity index (χ3n) is 4.28. The SMILES string of the molecule is C1COCCN1.Fc1cc(F)cc(-c2ncccc2CCc2cccnc2)c1. The van der Waals surface area contributed by atoms with Gasteiger partial charge in [0.05, 0.1) is 18.9 Å². The molecule has 2 aromatic heterocycles. The molecule has 1 fully saturated rings. The number of nitrogens with zero attached hydrogens (tertiary/aromatic N) is 2. The molecule has 146 valence electrons. The van der Waals surface area contributed by atoms with Crippen LogP contribution < -0.4 is 5.32 Å². The summed E-state index contributed by atoms with van der Waals surface area (Å²) < 4.78 is 31.8. The lowest BCUT2D eigenvalue weighted by atomic mass is 10.00. The fourth-order valence-electron chi connectivity index (χ4n) is 2.93. The molecule has 0 atom stereocenters. The summed E-state index contributed by atoms with van der Waals surface area (Å²) >= 11 is 0. The molecule has 0 unspecified atom stereocenters. The zero-order valence-electron chi connectivity index (χ0n) is 15.6. The fourth-order valence-corrected chi connectivity index (χ4v) is 2.93. The van der Waals surface area contributed by atoms with Crippen molar-refractivity contribution in [3.05, 3.63) is 83.8 Å². The van der Waals surface area contributed by atoms with E-state index in [-0.39, 0.29) is 0 Å². The molecule has 0 saturated carbocycles. The largest absolute Gasteiger partial charge is 0.379 e. The fraction of sp³-hybridized carbons (Fsp3) is 0.273. The molecule has 3 heterocycles. The minimum absolute atomic E-state index is 0.458. The summed E-state index contributed by atoms with van der Waals surface area (Å²) in [6, 6.07) is 11.1. The molecule has 28 heavy (non-hydrogen) atoms. The first-order valence-electron chi connectivity index (χ1n) is 9.30. The van der Waals surface area contributed by atoms with Crippen LogP contribution in [0.25, 0.3) is 11.3 Å². The third kappa shape index (κ3) is 6.18. The number of hydrogen-bond donors (Lipinski definition) is 1. The van der Waals surface area contributed by atoms with Crippen molar-refractivity contribution in [1.82, 2.24) is 15.3 Å². The highest BCUT2D eigenvalue weighted by Crippen LogP contribution is 2.24. The van der Waals surface area contributed by atoms with Crippen molar-refractivity contribution in [3.63, 3.8) is 0 Å². The maximum absolute atomic E-state index is 13.4. The normalized spacial score (nSPS) is 13.5. The molecule has 0 aliphatic carbocycles. The molecule has 4 rings (SSSR count). The van der Waals surface area contributed by atoms with Crippen molar-refractivity contribution >= 4 is 0 Å². The summed E-state index contributed by atoms with van der Waals surface area (Å²) in [5.74, 6) is -1.20. The van der Waals surface area contributed by atoms with Gasteiger partial charge >= 0.3 is 0 Å². The Hall–Kier alpha value is -2.70. The Morgan fingerprint density at radius 3 is 2.29 bits per heavy atom. The Labute approximate surface area is 163 Å². The lowest BCUT2D eigenvalue weighted by molar-refractivity contribution is 0.109. The number of aryl methyl sites for hydroxylation is 2. The lowest BCUT2D eigenvalue weighted by Crippen LogP contribution is -2.30. The first-order valence-corrected chi connectivity index (χ1v) is 9.30. The van der Waals surface area contributed by atoms with Crippen molar-refractivity contribution in [2.45, 2.75) is 12.8 Å². The van der Waals surface area contributed by atoms with Crippen molar-refractivity contribution in [3.8, 4) is 11.3 Å². The standard InChI is InChI=1S/C18H14F2N2.C4H9NO/c19-16-9-15(10-17(20)11-16)18-14(4-2-8-22-18)6-5-13-3-1-7-21-12-13;1-3-6-4-2-5-1/h1-4,7-12H,5-6H2;5H,1-4H2. The molecule has 4 nitrogen and oxygen atoms in total. The zero-order chi connectivity index (χ0) is 19.6. The highest BCUT2D eigenvalue weighted by atomic mass is 19.1. The Kier molecular flexibility index (Phi) is 7.58. The van der Waals surface area contributed by atoms with E-state index in [1.54, 1.807) is 12.4 Å². The summed E-state index contributed by atoms with van der Waals surface area (Å²) in [5, 5.41) is 3.16. The number of halogens is 2. The number of benzene rings is 1. The van der Waals surface area contributed by atoms with E-state index < -0.39 is 11.6 Å². The topological polar surface area (TPSA) is 47.0 Å². The minimum atomic E-state index is -0.598. The van der Waals surface area contributed by atoms with Gasteiger partial charge in [-0.25, -0.2) is 8.78 Å². The second kappa shape index (κ2) is 10.6. The smallest absolute Gasteiger partial charge is 0.126 e. The van der Waals surface area contributed by atoms with Crippen LogP contribution in [0, 0.1) is 11.6 Å². The molecule has 0 spiro atoms. The van der Waals surface area contributed by atoms with Gasteiger partial charge in [0.2, 0.25) is 0 Å². The van der Waals surface area contributed by atoms with E-state index in [9.17, 15) is 8.78 Å². The van der Waals surface area contributed by atoms with E-state index in [0.29, 0.717) is 11.3 Å². The highest BCUT2D eigenvalue weighted by molar-refractivity contribution is 5.63. The summed E-state index contributed by atoms with van der Waals surface area (Å²) in [6.07, 6.45) is 6.70. The van der Waals surface area contributed by atoms with Crippen molar-refractivity contribution in [2.75, 3.05) is 26.3 Å². The van der Waals surface area contributed by atoms with Crippen LogP contribution in [0.15, 0.2) is 61.1 Å². The zero-order valence-corrected chi connectivity index (χ0v) is 15.6. The Balaban J connectivity index is 0.000000320. The van der Waals surface area contributed by atoms with Crippen molar-refractivity contribution in [2.24, 2.45) is 0 Å². The molecule has 0 amide bonds. The van der Waals surface area contributed by atoms with E-state index in [4.69, 9.17) is 4.74 Å². The maximum atomic E-state index is 13.4. The van der Waals surface area contributed by atoms with Crippen LogP contribution in [-0.4, -0.2) is 36.3 Å². The van der Waals surface area contributed by atoms with E-state index in [2.05, 4.69) is 15.3 Å². The number of ether oxygens (including phenoxy) is 1. The van der Waals surface area contributed by atoms with Gasteiger partial charge < -0.3 is 10.1 Å². The monoisotopic (exact) mass is 383 g/mol. The van der Waals surface area contributed by atoms with E-state index in [0.717, 1.165) is 56.3 Å². The van der Waals surface area contributed by atoms with Gasteiger partial charge in [-0.1, -0.05) is 12.1 Å². The van der Waals surface area contributed by atoms with Crippen LogP contribution in [0.2, 0.25) is 0 Å². The number of hydrogen-bond acceptors (Lipinski definition) is 4. The second-order valence-electron chi connectivity index (χ2n) is 6.39. The molecule has 1 N–H and O–H groups in total. The molecule has 0 bridgehead atoms. The first-order chi connectivity index (χ1) is 13.7. The van der Waals surface area contributed by atoms with Gasteiger partial charge in [-0.2, -0.15) is 0 Å². The molecule has 0 radical (unpaired) electrons. The number of rotatable bonds is 4. The van der Waals surface area contributed by atoms with Crippen molar-refractivity contribution in [1.29, 1.82) is 0 Å². The summed E-state index contributed by atoms with van der Waals surface area (Å²) in [5.41, 5.74) is 3.14. The molecule has 3 aromatic rings. The van der Waals surface area contributed by atoms with E-state index in [1.165, 1.54) is 12.1 Å². The average Bonchev–Trinajstić information content (AvgIpc) is 2.74. The predicted molar refractivity (Wildman–Crippen MR) is 105 cm³/mol. The van der Waals surface area contributed by atoms with Gasteiger partial charge in [-0.15, -0.1) is 0 Å². The maximum Gasteiger partial charge on any atom is 0.126 e. The number of aromatic nitrogens is 2. The molecular weight excluding hydrogens is 360 g/mol. The van der Waals surface area contributed by atoms with Gasteiger partial charge in [0.15, 0.2) is 0 Å². The third-order valence-corrected chi connectivity index (χ3v) is 4.28. The Morgan fingerprint density at radius 2 is 1.68 bits per heavy atom. The average molecular weight is 383 g/mol. The van der Waals surface area contributed by atoms with Gasteiger partial charge in [0.25, 0.3) is 0 Å². The first kappa shape index (κ1) is 20.0. The van der Waals surface area contributed by atoms with E-state index >= 15 is 0 Å². The van der Waals surface area contributed by atoms with Crippen LogP contribution in [0.5, 0.6) is 0 Å². The van der Waals surface area contributed by atoms with Crippen LogP contribution in [0.1, 0.15) is 11.1 Å². The molecule has 1 aromatic carbocycles. The van der Waals surface area contributed by atoms with Crippen LogP contribution in [-0.2, 0) is 17.6 Å². The predicted octanol–water partition coefficient (Wildman–Crippen LogP) is 3.81. The molecule has 6 heteroatoms. The summed E-state index contributed by atoms with van der Waals surface area (Å²) in [6.45, 7) is 3.83. The van der Waals surface area contributed by atoms with Crippen LogP contribution >= 0.6 is 0 Å². The number of nitrogens with one attached hydrogen (secondary N) is 1. The quantitative estimate of drug-likeness (QED) is 0.744. The highest BCUT2D eigenvalue weighted by Gasteiger charge is 2.09. The molecular formula is C22H23F2N3O. The molecule has 1 aliphatic rings. The van der Waals surface area contributed by atoms with Gasteiger partial charge in [-0.05, 0) is 48.2 Å². The van der Waals surface area contributed by atoms with Crippen LogP contribution in [0.3, 0.4) is 0 Å². The summed E-state index contributed by atoms with van der Waals surface area (Å²) in [4.78, 5) is 8.38. The van der Waals surface area contributed by atoms with Gasteiger partial charge in [0, 0.05) is 43.3 Å². The molecule has 1 aliphatic heterocycles. The molecule has 1 saturated heterocycles. The van der Waals surface area contributed by atoms with Crippen molar-refractivity contribution < 1.29 is 13.5 Å². The van der Waals surface area contributed by atoms with Crippen LogP contribution in [0.4, 0.5) is 8.78 Å². The van der Waals surface area contributed by atoms with Gasteiger partial charge in [-0.3, -0.25) is 9.97 Å². The lowest BCUT2D eigenvalue weighted by Gasteiger charge is -2.10. The minimum Gasteiger partial charge on any atom is -0.379 e. The Morgan fingerprint density at radius 1 is 0.929 bits per heavy atom. The van der Waals surface area contributed by atoms with Gasteiger partial charge in [0.1, 0.15) is 11.6 Å². The Bertz CT molecular complexity index is 839. The number of pyridine rings is 2. The summed E-state index contributed by atoms with van der Waals surface area (Å²) in [7, 11) is 0. The second-order valence-corrected chi connectivity index (χ2v) is 6.39. The number of morpholine rings is 1.